The summed E-state index contributed by atoms with van der Waals surface area (Å²) in [5.74, 6) is 0.0346. The minimum Gasteiger partial charge on any atom is -0.352 e. The van der Waals surface area contributed by atoms with E-state index in [1.807, 2.05) is 0 Å². The first-order chi connectivity index (χ1) is 9.08. The Labute approximate surface area is 126 Å². The van der Waals surface area contributed by atoms with Crippen molar-refractivity contribution in [2.24, 2.45) is 5.92 Å². The molecule has 0 aromatic heterocycles. The van der Waals surface area contributed by atoms with Crippen molar-refractivity contribution in [2.45, 2.75) is 26.2 Å². The van der Waals surface area contributed by atoms with Gasteiger partial charge in [-0.2, -0.15) is 0 Å². The molecule has 0 aliphatic carbocycles. The van der Waals surface area contributed by atoms with Gasteiger partial charge in [0.15, 0.2) is 0 Å². The van der Waals surface area contributed by atoms with Crippen LogP contribution in [0.1, 0.15) is 36.5 Å². The first kappa shape index (κ1) is 16.4. The largest absolute Gasteiger partial charge is 0.352 e. The third-order valence-corrected chi connectivity index (χ3v) is 3.65. The summed E-state index contributed by atoms with van der Waals surface area (Å²) in [4.78, 5) is 11.9. The Hall–Kier alpha value is -0.610. The van der Waals surface area contributed by atoms with Crippen molar-refractivity contribution in [3.8, 4) is 0 Å². The average Bonchev–Trinajstić information content (AvgIpc) is 2.39. The van der Waals surface area contributed by atoms with Crippen LogP contribution in [0.25, 0.3) is 0 Å². The molecule has 0 aliphatic rings. The molecule has 19 heavy (non-hydrogen) atoms. The van der Waals surface area contributed by atoms with Crippen molar-refractivity contribution in [3.63, 3.8) is 0 Å². The molecule has 1 aromatic carbocycles. The third-order valence-electron chi connectivity index (χ3n) is 2.94. The molecule has 0 bridgehead atoms. The number of carbonyl (C=O) groups is 1. The molecule has 0 spiro atoms. The van der Waals surface area contributed by atoms with Crippen LogP contribution in [-0.4, -0.2) is 18.3 Å². The molecular formula is C14H18BrClFNO. The maximum absolute atomic E-state index is 13.5. The van der Waals surface area contributed by atoms with Gasteiger partial charge < -0.3 is 5.32 Å². The molecule has 106 valence electrons. The van der Waals surface area contributed by atoms with Gasteiger partial charge in [-0.15, -0.1) is 11.6 Å². The highest BCUT2D eigenvalue weighted by Crippen LogP contribution is 2.16. The first-order valence-corrected chi connectivity index (χ1v) is 7.70. The molecule has 0 saturated carbocycles. The zero-order valence-electron chi connectivity index (χ0n) is 10.9. The van der Waals surface area contributed by atoms with Crippen LogP contribution in [0.15, 0.2) is 22.7 Å². The second-order valence-corrected chi connectivity index (χ2v) is 5.76. The van der Waals surface area contributed by atoms with Crippen molar-refractivity contribution >= 4 is 33.4 Å². The van der Waals surface area contributed by atoms with Crippen LogP contribution in [0.4, 0.5) is 4.39 Å². The monoisotopic (exact) mass is 349 g/mol. The summed E-state index contributed by atoms with van der Waals surface area (Å²) < 4.78 is 14.2. The number of rotatable bonds is 7. The summed E-state index contributed by atoms with van der Waals surface area (Å²) in [7, 11) is 0. The SMILES string of the molecule is CCCC(CCCl)CNC(=O)c1cc(Br)ccc1F. The summed E-state index contributed by atoms with van der Waals surface area (Å²) >= 11 is 8.96. The highest BCUT2D eigenvalue weighted by atomic mass is 79.9. The molecular weight excluding hydrogens is 333 g/mol. The molecule has 2 nitrogen and oxygen atoms in total. The van der Waals surface area contributed by atoms with Gasteiger partial charge >= 0.3 is 0 Å². The van der Waals surface area contributed by atoms with E-state index in [2.05, 4.69) is 28.2 Å². The average molecular weight is 351 g/mol. The zero-order valence-corrected chi connectivity index (χ0v) is 13.2. The van der Waals surface area contributed by atoms with Gasteiger partial charge in [-0.25, -0.2) is 4.39 Å². The van der Waals surface area contributed by atoms with E-state index in [1.54, 1.807) is 6.07 Å². The van der Waals surface area contributed by atoms with Crippen LogP contribution in [0, 0.1) is 11.7 Å². The zero-order chi connectivity index (χ0) is 14.3. The lowest BCUT2D eigenvalue weighted by Gasteiger charge is -2.15. The Bertz CT molecular complexity index is 422. The van der Waals surface area contributed by atoms with Gasteiger partial charge in [-0.1, -0.05) is 29.3 Å². The van der Waals surface area contributed by atoms with Crippen molar-refractivity contribution in [1.29, 1.82) is 0 Å². The Morgan fingerprint density at radius 2 is 2.21 bits per heavy atom. The van der Waals surface area contributed by atoms with Crippen molar-refractivity contribution < 1.29 is 9.18 Å². The van der Waals surface area contributed by atoms with E-state index in [-0.39, 0.29) is 11.5 Å². The molecule has 0 aliphatic heterocycles. The van der Waals surface area contributed by atoms with Gasteiger partial charge in [0.25, 0.3) is 5.91 Å². The van der Waals surface area contributed by atoms with Crippen LogP contribution in [-0.2, 0) is 0 Å². The minimum absolute atomic E-state index is 0.0653. The highest BCUT2D eigenvalue weighted by Gasteiger charge is 2.14. The minimum atomic E-state index is -0.509. The van der Waals surface area contributed by atoms with Gasteiger partial charge in [-0.05, 0) is 37.0 Å². The normalized spacial score (nSPS) is 12.2. The Kier molecular flexibility index (Phi) is 7.39. The van der Waals surface area contributed by atoms with Gasteiger partial charge in [0.05, 0.1) is 5.56 Å². The second-order valence-electron chi connectivity index (χ2n) is 4.47. The lowest BCUT2D eigenvalue weighted by molar-refractivity contribution is 0.0942. The molecule has 5 heteroatoms. The van der Waals surface area contributed by atoms with Crippen molar-refractivity contribution in [1.82, 2.24) is 5.32 Å². The number of hydrogen-bond donors (Lipinski definition) is 1. The fraction of sp³-hybridized carbons (Fsp3) is 0.500. The number of alkyl halides is 1. The molecule has 0 fully saturated rings. The fourth-order valence-electron chi connectivity index (χ4n) is 1.91. The Morgan fingerprint density at radius 3 is 2.84 bits per heavy atom. The topological polar surface area (TPSA) is 29.1 Å². The molecule has 0 radical (unpaired) electrons. The number of carbonyl (C=O) groups excluding carboxylic acids is 1. The van der Waals surface area contributed by atoms with Crippen LogP contribution >= 0.6 is 27.5 Å². The number of benzene rings is 1. The van der Waals surface area contributed by atoms with E-state index >= 15 is 0 Å². The molecule has 1 atom stereocenters. The predicted molar refractivity (Wildman–Crippen MR) is 80.2 cm³/mol. The van der Waals surface area contributed by atoms with E-state index in [9.17, 15) is 9.18 Å². The van der Waals surface area contributed by atoms with Gasteiger partial charge in [0, 0.05) is 16.9 Å². The number of halogens is 3. The highest BCUT2D eigenvalue weighted by molar-refractivity contribution is 9.10. The smallest absolute Gasteiger partial charge is 0.254 e. The van der Waals surface area contributed by atoms with Gasteiger partial charge in [0.2, 0.25) is 0 Å². The fourth-order valence-corrected chi connectivity index (χ4v) is 2.58. The van der Waals surface area contributed by atoms with Crippen LogP contribution in [0.5, 0.6) is 0 Å². The molecule has 1 aromatic rings. The summed E-state index contributed by atoms with van der Waals surface area (Å²) in [6.07, 6.45) is 2.91. The molecule has 1 N–H and O–H groups in total. The van der Waals surface area contributed by atoms with E-state index < -0.39 is 5.82 Å². The molecule has 0 saturated heterocycles. The van der Waals surface area contributed by atoms with Crippen LogP contribution < -0.4 is 5.32 Å². The van der Waals surface area contributed by atoms with Gasteiger partial charge in [0.1, 0.15) is 5.82 Å². The summed E-state index contributed by atoms with van der Waals surface area (Å²) in [5, 5.41) is 2.78. The van der Waals surface area contributed by atoms with Crippen molar-refractivity contribution in [3.05, 3.63) is 34.1 Å². The lowest BCUT2D eigenvalue weighted by atomic mass is 10.0. The summed E-state index contributed by atoms with van der Waals surface area (Å²) in [6.45, 7) is 2.63. The van der Waals surface area contributed by atoms with E-state index in [0.717, 1.165) is 19.3 Å². The number of nitrogens with one attached hydrogen (secondary N) is 1. The molecule has 1 unspecified atom stereocenters. The molecule has 1 amide bonds. The van der Waals surface area contributed by atoms with E-state index in [0.29, 0.717) is 22.8 Å². The number of hydrogen-bond acceptors (Lipinski definition) is 1. The Balaban J connectivity index is 2.61. The molecule has 0 heterocycles. The van der Waals surface area contributed by atoms with Crippen molar-refractivity contribution in [2.75, 3.05) is 12.4 Å². The van der Waals surface area contributed by atoms with Crippen LogP contribution in [0.3, 0.4) is 0 Å². The summed E-state index contributed by atoms with van der Waals surface area (Å²) in [6, 6.07) is 4.34. The van der Waals surface area contributed by atoms with E-state index in [4.69, 9.17) is 11.6 Å². The summed E-state index contributed by atoms with van der Waals surface area (Å²) in [5.41, 5.74) is 0.0653. The molecule has 1 rings (SSSR count). The quantitative estimate of drug-likeness (QED) is 0.727. The standard InChI is InChI=1S/C14H18BrClFNO/c1-2-3-10(6-7-16)9-18-14(19)12-8-11(15)4-5-13(12)17/h4-5,8,10H,2-3,6-7,9H2,1H3,(H,18,19). The maximum atomic E-state index is 13.5. The van der Waals surface area contributed by atoms with Crippen LogP contribution in [0.2, 0.25) is 0 Å². The Morgan fingerprint density at radius 1 is 1.47 bits per heavy atom. The van der Waals surface area contributed by atoms with Gasteiger partial charge in [-0.3, -0.25) is 4.79 Å². The second kappa shape index (κ2) is 8.54. The maximum Gasteiger partial charge on any atom is 0.254 e. The first-order valence-electron chi connectivity index (χ1n) is 6.37. The predicted octanol–water partition coefficient (Wildman–Crippen LogP) is 4.36. The third kappa shape index (κ3) is 5.49. The number of amides is 1. The van der Waals surface area contributed by atoms with E-state index in [1.165, 1.54) is 12.1 Å². The lowest BCUT2D eigenvalue weighted by Crippen LogP contribution is -2.30.